The topological polar surface area (TPSA) is 64.9 Å². The Hall–Kier alpha value is -2.69. The third-order valence-corrected chi connectivity index (χ3v) is 2.82. The van der Waals surface area contributed by atoms with Gasteiger partial charge in [-0.15, -0.1) is 0 Å². The fourth-order valence-electron chi connectivity index (χ4n) is 1.94. The van der Waals surface area contributed by atoms with Crippen LogP contribution in [0.1, 0.15) is 0 Å². The molecule has 0 saturated heterocycles. The molecular weight excluding hydrogens is 245 g/mol. The molecule has 2 N–H and O–H groups in total. The molecule has 19 heavy (non-hydrogen) atoms. The van der Waals surface area contributed by atoms with Crippen LogP contribution in [0.4, 0.5) is 10.3 Å². The van der Waals surface area contributed by atoms with E-state index in [1.807, 2.05) is 0 Å². The summed E-state index contributed by atoms with van der Waals surface area (Å²) in [5.41, 5.74) is 7.90. The summed E-state index contributed by atoms with van der Waals surface area (Å²) in [6.07, 6.45) is 3.26. The lowest BCUT2D eigenvalue weighted by molar-refractivity contribution is 0.439. The summed E-state index contributed by atoms with van der Waals surface area (Å²) in [4.78, 5) is 3.94. The number of rotatable bonds is 2. The molecule has 0 radical (unpaired) electrons. The summed E-state index contributed by atoms with van der Waals surface area (Å²) in [7, 11) is 0. The minimum atomic E-state index is -0.369. The molecule has 3 aromatic rings. The molecule has 0 atom stereocenters. The Kier molecular flexibility index (Phi) is 2.72. The zero-order chi connectivity index (χ0) is 13.2. The van der Waals surface area contributed by atoms with Gasteiger partial charge in [0.05, 0.1) is 5.56 Å². The van der Waals surface area contributed by atoms with Gasteiger partial charge in [0.15, 0.2) is 0 Å². The highest BCUT2D eigenvalue weighted by atomic mass is 19.1. The number of pyridine rings is 1. The van der Waals surface area contributed by atoms with Crippen molar-refractivity contribution in [2.45, 2.75) is 0 Å². The van der Waals surface area contributed by atoms with Gasteiger partial charge in [0, 0.05) is 18.0 Å². The molecule has 4 nitrogen and oxygen atoms in total. The van der Waals surface area contributed by atoms with Crippen LogP contribution >= 0.6 is 0 Å². The van der Waals surface area contributed by atoms with E-state index in [1.54, 1.807) is 42.7 Å². The van der Waals surface area contributed by atoms with E-state index in [4.69, 9.17) is 10.3 Å². The van der Waals surface area contributed by atoms with Crippen LogP contribution in [0.3, 0.4) is 0 Å². The highest BCUT2D eigenvalue weighted by Gasteiger charge is 2.19. The highest BCUT2D eigenvalue weighted by molar-refractivity contribution is 5.86. The summed E-state index contributed by atoms with van der Waals surface area (Å²) < 4.78 is 18.8. The Bertz CT molecular complexity index is 710. The molecule has 0 fully saturated rings. The van der Waals surface area contributed by atoms with Crippen molar-refractivity contribution < 1.29 is 8.91 Å². The second-order valence-electron chi connectivity index (χ2n) is 3.99. The predicted octanol–water partition coefficient (Wildman–Crippen LogP) is 3.12. The first kappa shape index (κ1) is 11.4. The van der Waals surface area contributed by atoms with Gasteiger partial charge in [0.25, 0.3) is 0 Å². The van der Waals surface area contributed by atoms with E-state index in [1.165, 1.54) is 6.07 Å². The van der Waals surface area contributed by atoms with Crippen LogP contribution < -0.4 is 5.73 Å². The summed E-state index contributed by atoms with van der Waals surface area (Å²) in [5.74, 6) is -0.212. The first-order valence-corrected chi connectivity index (χ1v) is 5.68. The van der Waals surface area contributed by atoms with Crippen molar-refractivity contribution in [2.24, 2.45) is 0 Å². The van der Waals surface area contributed by atoms with Gasteiger partial charge in [-0.05, 0) is 29.8 Å². The molecule has 0 aliphatic carbocycles. The van der Waals surface area contributed by atoms with Crippen molar-refractivity contribution in [1.82, 2.24) is 10.1 Å². The van der Waals surface area contributed by atoms with Crippen molar-refractivity contribution >= 4 is 5.88 Å². The summed E-state index contributed by atoms with van der Waals surface area (Å²) in [5, 5.41) is 3.86. The number of nitrogens with two attached hydrogens (primary N) is 1. The van der Waals surface area contributed by atoms with E-state index in [-0.39, 0.29) is 11.7 Å². The molecule has 0 amide bonds. The molecule has 0 aliphatic heterocycles. The van der Waals surface area contributed by atoms with Gasteiger partial charge in [-0.2, -0.15) is 0 Å². The Morgan fingerprint density at radius 2 is 1.79 bits per heavy atom. The number of anilines is 1. The van der Waals surface area contributed by atoms with E-state index in [2.05, 4.69) is 10.1 Å². The molecule has 5 heteroatoms. The van der Waals surface area contributed by atoms with Crippen LogP contribution in [0.25, 0.3) is 22.4 Å². The van der Waals surface area contributed by atoms with Crippen molar-refractivity contribution in [3.63, 3.8) is 0 Å². The average Bonchev–Trinajstić information content (AvgIpc) is 2.82. The molecule has 1 aromatic carbocycles. The monoisotopic (exact) mass is 255 g/mol. The zero-order valence-electron chi connectivity index (χ0n) is 9.88. The van der Waals surface area contributed by atoms with Crippen molar-refractivity contribution in [3.8, 4) is 22.4 Å². The molecular formula is C14H10FN3O. The summed E-state index contributed by atoms with van der Waals surface area (Å²) in [6, 6.07) is 9.91. The molecule has 0 saturated carbocycles. The second-order valence-corrected chi connectivity index (χ2v) is 3.99. The van der Waals surface area contributed by atoms with E-state index < -0.39 is 0 Å². The minimum absolute atomic E-state index is 0.157. The van der Waals surface area contributed by atoms with E-state index in [0.29, 0.717) is 16.8 Å². The number of nitrogens with zero attached hydrogens (tertiary/aromatic N) is 2. The number of nitrogen functional groups attached to an aromatic ring is 1. The minimum Gasteiger partial charge on any atom is -0.367 e. The Morgan fingerprint density at radius 1 is 1.05 bits per heavy atom. The van der Waals surface area contributed by atoms with Crippen LogP contribution in [-0.4, -0.2) is 10.1 Å². The lowest BCUT2D eigenvalue weighted by Gasteiger charge is -2.03. The second kappa shape index (κ2) is 4.53. The van der Waals surface area contributed by atoms with Gasteiger partial charge >= 0.3 is 0 Å². The van der Waals surface area contributed by atoms with Crippen LogP contribution in [0.5, 0.6) is 0 Å². The third kappa shape index (κ3) is 1.95. The first-order valence-electron chi connectivity index (χ1n) is 5.68. The zero-order valence-corrected chi connectivity index (χ0v) is 9.88. The lowest BCUT2D eigenvalue weighted by atomic mass is 10.0. The molecule has 3 rings (SSSR count). The fraction of sp³-hybridized carbons (Fsp3) is 0. The molecule has 2 aromatic heterocycles. The van der Waals surface area contributed by atoms with E-state index in [0.717, 1.165) is 5.56 Å². The quantitative estimate of drug-likeness (QED) is 0.764. The molecule has 2 heterocycles. The first-order chi connectivity index (χ1) is 9.27. The third-order valence-electron chi connectivity index (χ3n) is 2.82. The summed E-state index contributed by atoms with van der Waals surface area (Å²) >= 11 is 0. The average molecular weight is 255 g/mol. The Balaban J connectivity index is 2.23. The van der Waals surface area contributed by atoms with Gasteiger partial charge in [-0.25, -0.2) is 4.39 Å². The van der Waals surface area contributed by atoms with E-state index >= 15 is 0 Å². The fourth-order valence-corrected chi connectivity index (χ4v) is 1.94. The van der Waals surface area contributed by atoms with Crippen LogP contribution in [0.15, 0.2) is 53.3 Å². The van der Waals surface area contributed by atoms with Crippen molar-refractivity contribution in [3.05, 3.63) is 54.6 Å². The van der Waals surface area contributed by atoms with Gasteiger partial charge < -0.3 is 10.3 Å². The predicted molar refractivity (Wildman–Crippen MR) is 69.5 cm³/mol. The smallest absolute Gasteiger partial charge is 0.230 e. The standard InChI is InChI=1S/C14H10FN3O/c15-11-4-2-1-3-10(11)13-12(14(16)19-18-13)9-5-7-17-8-6-9/h1-8H,16H2. The molecule has 94 valence electrons. The Labute approximate surface area is 108 Å². The number of halogens is 1. The molecule has 0 bridgehead atoms. The maximum atomic E-state index is 13.8. The van der Waals surface area contributed by atoms with E-state index in [9.17, 15) is 4.39 Å². The Morgan fingerprint density at radius 3 is 2.53 bits per heavy atom. The van der Waals surface area contributed by atoms with Crippen molar-refractivity contribution in [2.75, 3.05) is 5.73 Å². The van der Waals surface area contributed by atoms with Gasteiger partial charge in [0.2, 0.25) is 5.88 Å². The number of hydrogen-bond donors (Lipinski definition) is 1. The molecule has 0 aliphatic rings. The number of hydrogen-bond acceptors (Lipinski definition) is 4. The molecule has 0 spiro atoms. The van der Waals surface area contributed by atoms with Gasteiger partial charge in [0.1, 0.15) is 11.5 Å². The lowest BCUT2D eigenvalue weighted by Crippen LogP contribution is -1.90. The van der Waals surface area contributed by atoms with Crippen LogP contribution in [0, 0.1) is 5.82 Å². The molecule has 0 unspecified atom stereocenters. The van der Waals surface area contributed by atoms with Gasteiger partial charge in [-0.3, -0.25) is 4.98 Å². The maximum absolute atomic E-state index is 13.8. The van der Waals surface area contributed by atoms with Crippen molar-refractivity contribution in [1.29, 1.82) is 0 Å². The summed E-state index contributed by atoms with van der Waals surface area (Å²) in [6.45, 7) is 0. The SMILES string of the molecule is Nc1onc(-c2ccccc2F)c1-c1ccncc1. The number of benzene rings is 1. The highest BCUT2D eigenvalue weighted by Crippen LogP contribution is 2.36. The maximum Gasteiger partial charge on any atom is 0.230 e. The van der Waals surface area contributed by atoms with Crippen LogP contribution in [0.2, 0.25) is 0 Å². The van der Waals surface area contributed by atoms with Gasteiger partial charge in [-0.1, -0.05) is 17.3 Å². The van der Waals surface area contributed by atoms with Crippen LogP contribution in [-0.2, 0) is 0 Å². The number of aromatic nitrogens is 2. The normalized spacial score (nSPS) is 10.6. The largest absolute Gasteiger partial charge is 0.367 e.